The summed E-state index contributed by atoms with van der Waals surface area (Å²) in [6, 6.07) is 11.9. The molecule has 0 radical (unpaired) electrons. The number of benzene rings is 1. The molecule has 1 amide bonds. The average molecular weight is 327 g/mol. The van der Waals surface area contributed by atoms with Crippen molar-refractivity contribution in [1.82, 2.24) is 15.6 Å². The third-order valence-electron chi connectivity index (χ3n) is 3.45. The quantitative estimate of drug-likeness (QED) is 0.800. The molecular formula is C18H21N3OS. The second-order valence-corrected chi connectivity index (χ2v) is 5.71. The smallest absolute Gasteiger partial charge is 0.258 e. The number of hydrogen-bond donors (Lipinski definition) is 2. The number of unbranched alkanes of at least 4 members (excludes halogenated alkanes) is 1. The molecule has 0 aliphatic rings. The van der Waals surface area contributed by atoms with Crippen molar-refractivity contribution in [3.63, 3.8) is 0 Å². The zero-order valence-corrected chi connectivity index (χ0v) is 14.0. The standard InChI is InChI=1S/C18H21N3OS/c1-2-3-5-14-7-9-15(10-8-14)12-20-18(23)21-17(22)16-6-4-11-19-13-16/h4,6-11,13H,2-3,5,12H2,1H3,(H2,20,21,22,23). The maximum absolute atomic E-state index is 11.9. The molecule has 0 bridgehead atoms. The molecule has 4 nitrogen and oxygen atoms in total. The molecule has 1 aromatic carbocycles. The van der Waals surface area contributed by atoms with E-state index in [1.807, 2.05) is 0 Å². The first kappa shape index (κ1) is 17.1. The van der Waals surface area contributed by atoms with Crippen LogP contribution in [0.25, 0.3) is 0 Å². The lowest BCUT2D eigenvalue weighted by molar-refractivity contribution is 0.0976. The van der Waals surface area contributed by atoms with Crippen LogP contribution in [0.15, 0.2) is 48.8 Å². The summed E-state index contributed by atoms with van der Waals surface area (Å²) in [4.78, 5) is 15.8. The van der Waals surface area contributed by atoms with Gasteiger partial charge in [-0.25, -0.2) is 0 Å². The Morgan fingerprint density at radius 2 is 1.91 bits per heavy atom. The highest BCUT2D eigenvalue weighted by molar-refractivity contribution is 7.80. The fourth-order valence-corrected chi connectivity index (χ4v) is 2.27. The zero-order valence-electron chi connectivity index (χ0n) is 13.2. The first-order chi connectivity index (χ1) is 11.2. The maximum Gasteiger partial charge on any atom is 0.258 e. The van der Waals surface area contributed by atoms with E-state index in [0.717, 1.165) is 12.0 Å². The Labute approximate surface area is 142 Å². The normalized spacial score (nSPS) is 10.1. The molecule has 0 unspecified atom stereocenters. The molecule has 2 rings (SSSR count). The van der Waals surface area contributed by atoms with Gasteiger partial charge in [0.05, 0.1) is 5.56 Å². The fourth-order valence-electron chi connectivity index (χ4n) is 2.10. The van der Waals surface area contributed by atoms with Gasteiger partial charge in [-0.2, -0.15) is 0 Å². The fraction of sp³-hybridized carbons (Fsp3) is 0.278. The molecule has 0 fully saturated rings. The van der Waals surface area contributed by atoms with Crippen LogP contribution in [0.2, 0.25) is 0 Å². The predicted octanol–water partition coefficient (Wildman–Crippen LogP) is 3.23. The van der Waals surface area contributed by atoms with E-state index < -0.39 is 0 Å². The molecule has 120 valence electrons. The van der Waals surface area contributed by atoms with Gasteiger partial charge in [-0.3, -0.25) is 15.1 Å². The Morgan fingerprint density at radius 3 is 2.57 bits per heavy atom. The Balaban J connectivity index is 1.79. The van der Waals surface area contributed by atoms with E-state index in [0.29, 0.717) is 17.2 Å². The van der Waals surface area contributed by atoms with Crippen molar-refractivity contribution in [3.05, 3.63) is 65.5 Å². The summed E-state index contributed by atoms with van der Waals surface area (Å²) in [7, 11) is 0. The number of thiocarbonyl (C=S) groups is 1. The molecule has 0 saturated carbocycles. The van der Waals surface area contributed by atoms with Crippen molar-refractivity contribution in [2.45, 2.75) is 32.7 Å². The molecule has 1 heterocycles. The molecule has 23 heavy (non-hydrogen) atoms. The third kappa shape index (κ3) is 5.79. The predicted molar refractivity (Wildman–Crippen MR) is 96.2 cm³/mol. The molecule has 0 spiro atoms. The lowest BCUT2D eigenvalue weighted by atomic mass is 10.1. The van der Waals surface area contributed by atoms with Crippen LogP contribution in [-0.2, 0) is 13.0 Å². The van der Waals surface area contributed by atoms with Gasteiger partial charge in [0.2, 0.25) is 0 Å². The highest BCUT2D eigenvalue weighted by atomic mass is 32.1. The molecule has 0 atom stereocenters. The molecule has 2 N–H and O–H groups in total. The van der Waals surface area contributed by atoms with Crippen LogP contribution in [0.5, 0.6) is 0 Å². The van der Waals surface area contributed by atoms with Crippen LogP contribution < -0.4 is 10.6 Å². The summed E-state index contributed by atoms with van der Waals surface area (Å²) in [5.74, 6) is -0.259. The lowest BCUT2D eigenvalue weighted by Crippen LogP contribution is -2.38. The number of aromatic nitrogens is 1. The second kappa shape index (κ2) is 9.00. The molecule has 0 aliphatic heterocycles. The molecular weight excluding hydrogens is 306 g/mol. The van der Waals surface area contributed by atoms with E-state index in [-0.39, 0.29) is 5.91 Å². The molecule has 1 aromatic heterocycles. The Kier molecular flexibility index (Phi) is 6.69. The van der Waals surface area contributed by atoms with E-state index >= 15 is 0 Å². The minimum atomic E-state index is -0.259. The van der Waals surface area contributed by atoms with Crippen molar-refractivity contribution >= 4 is 23.2 Å². The van der Waals surface area contributed by atoms with Gasteiger partial charge in [0.15, 0.2) is 5.11 Å². The van der Waals surface area contributed by atoms with E-state index in [4.69, 9.17) is 12.2 Å². The SMILES string of the molecule is CCCCc1ccc(CNC(=S)NC(=O)c2cccnc2)cc1. The monoisotopic (exact) mass is 327 g/mol. The maximum atomic E-state index is 11.9. The second-order valence-electron chi connectivity index (χ2n) is 5.30. The van der Waals surface area contributed by atoms with Gasteiger partial charge in [0.1, 0.15) is 0 Å². The third-order valence-corrected chi connectivity index (χ3v) is 3.69. The molecule has 5 heteroatoms. The van der Waals surface area contributed by atoms with E-state index in [2.05, 4.69) is 46.8 Å². The summed E-state index contributed by atoms with van der Waals surface area (Å²) in [6.07, 6.45) is 6.66. The summed E-state index contributed by atoms with van der Waals surface area (Å²) in [5.41, 5.74) is 2.96. The average Bonchev–Trinajstić information content (AvgIpc) is 2.59. The molecule has 0 aliphatic carbocycles. The molecule has 2 aromatic rings. The van der Waals surface area contributed by atoms with Gasteiger partial charge in [0.25, 0.3) is 5.91 Å². The number of carbonyl (C=O) groups is 1. The van der Waals surface area contributed by atoms with Crippen LogP contribution >= 0.6 is 12.2 Å². The molecule has 0 saturated heterocycles. The number of carbonyl (C=O) groups excluding carboxylic acids is 1. The zero-order chi connectivity index (χ0) is 16.5. The number of amides is 1. The minimum Gasteiger partial charge on any atom is -0.358 e. The van der Waals surface area contributed by atoms with Gasteiger partial charge in [-0.05, 0) is 48.3 Å². The Morgan fingerprint density at radius 1 is 1.17 bits per heavy atom. The van der Waals surface area contributed by atoms with E-state index in [1.165, 1.54) is 24.6 Å². The number of aryl methyl sites for hydroxylation is 1. The largest absolute Gasteiger partial charge is 0.358 e. The van der Waals surface area contributed by atoms with Crippen LogP contribution in [0, 0.1) is 0 Å². The van der Waals surface area contributed by atoms with Gasteiger partial charge >= 0.3 is 0 Å². The van der Waals surface area contributed by atoms with Crippen LogP contribution in [0.1, 0.15) is 41.3 Å². The number of nitrogens with one attached hydrogen (secondary N) is 2. The van der Waals surface area contributed by atoms with Crippen molar-refractivity contribution in [2.24, 2.45) is 0 Å². The first-order valence-electron chi connectivity index (χ1n) is 7.76. The van der Waals surface area contributed by atoms with Crippen LogP contribution in [-0.4, -0.2) is 16.0 Å². The topological polar surface area (TPSA) is 54.0 Å². The first-order valence-corrected chi connectivity index (χ1v) is 8.17. The Hall–Kier alpha value is -2.27. The number of hydrogen-bond acceptors (Lipinski definition) is 3. The highest BCUT2D eigenvalue weighted by Crippen LogP contribution is 2.07. The van der Waals surface area contributed by atoms with Gasteiger partial charge in [-0.15, -0.1) is 0 Å². The van der Waals surface area contributed by atoms with E-state index in [1.54, 1.807) is 18.3 Å². The van der Waals surface area contributed by atoms with Crippen LogP contribution in [0.3, 0.4) is 0 Å². The van der Waals surface area contributed by atoms with Crippen molar-refractivity contribution in [1.29, 1.82) is 0 Å². The number of nitrogens with zero attached hydrogens (tertiary/aromatic N) is 1. The highest BCUT2D eigenvalue weighted by Gasteiger charge is 2.07. The van der Waals surface area contributed by atoms with E-state index in [9.17, 15) is 4.79 Å². The number of pyridine rings is 1. The van der Waals surface area contributed by atoms with Crippen LogP contribution in [0.4, 0.5) is 0 Å². The summed E-state index contributed by atoms with van der Waals surface area (Å²) in [6.45, 7) is 2.78. The van der Waals surface area contributed by atoms with Crippen molar-refractivity contribution in [2.75, 3.05) is 0 Å². The minimum absolute atomic E-state index is 0.259. The van der Waals surface area contributed by atoms with Crippen molar-refractivity contribution < 1.29 is 4.79 Å². The van der Waals surface area contributed by atoms with Gasteiger partial charge in [-0.1, -0.05) is 37.6 Å². The van der Waals surface area contributed by atoms with Gasteiger partial charge in [0, 0.05) is 18.9 Å². The summed E-state index contributed by atoms with van der Waals surface area (Å²) in [5, 5.41) is 6.00. The summed E-state index contributed by atoms with van der Waals surface area (Å²) < 4.78 is 0. The lowest BCUT2D eigenvalue weighted by Gasteiger charge is -2.10. The van der Waals surface area contributed by atoms with Gasteiger partial charge < -0.3 is 5.32 Å². The Bertz CT molecular complexity index is 641. The summed E-state index contributed by atoms with van der Waals surface area (Å²) >= 11 is 5.15. The number of rotatable bonds is 6. The van der Waals surface area contributed by atoms with Crippen molar-refractivity contribution in [3.8, 4) is 0 Å².